The molecular weight excluding hydrogens is 292 g/mol. The van der Waals surface area contributed by atoms with Gasteiger partial charge < -0.3 is 5.11 Å². The van der Waals surface area contributed by atoms with E-state index in [4.69, 9.17) is 0 Å². The monoisotopic (exact) mass is 318 g/mol. The van der Waals surface area contributed by atoms with E-state index in [0.29, 0.717) is 5.92 Å². The van der Waals surface area contributed by atoms with Crippen LogP contribution in [0.2, 0.25) is 0 Å². The van der Waals surface area contributed by atoms with Gasteiger partial charge in [0.2, 0.25) is 0 Å². The summed E-state index contributed by atoms with van der Waals surface area (Å²) in [6.07, 6.45) is 1.94. The summed E-state index contributed by atoms with van der Waals surface area (Å²) in [6.45, 7) is 6.96. The molecule has 0 aromatic heterocycles. The molecule has 24 heavy (non-hydrogen) atoms. The Morgan fingerprint density at radius 3 is 1.79 bits per heavy atom. The molecule has 0 amide bonds. The van der Waals surface area contributed by atoms with Gasteiger partial charge in [-0.2, -0.15) is 0 Å². The fourth-order valence-electron chi connectivity index (χ4n) is 5.11. The average molecular weight is 318 g/mol. The van der Waals surface area contributed by atoms with E-state index in [1.54, 1.807) is 0 Å². The van der Waals surface area contributed by atoms with Crippen LogP contribution >= 0.6 is 0 Å². The van der Waals surface area contributed by atoms with Gasteiger partial charge in [-0.1, -0.05) is 81.4 Å². The first-order valence-corrected chi connectivity index (χ1v) is 9.00. The number of fused-ring (bicyclic) bond motifs is 2. The molecule has 1 heteroatoms. The summed E-state index contributed by atoms with van der Waals surface area (Å²) in [6, 6.07) is 21.1. The smallest absolute Gasteiger partial charge is 0.0821 e. The summed E-state index contributed by atoms with van der Waals surface area (Å²) < 4.78 is 0. The Balaban J connectivity index is 2.00. The van der Waals surface area contributed by atoms with Gasteiger partial charge in [0, 0.05) is 5.41 Å². The van der Waals surface area contributed by atoms with Crippen molar-refractivity contribution in [3.63, 3.8) is 0 Å². The van der Waals surface area contributed by atoms with Crippen molar-refractivity contribution in [3.8, 4) is 0 Å². The number of aliphatic hydroxyl groups is 1. The first-order valence-electron chi connectivity index (χ1n) is 9.00. The second-order valence-corrected chi connectivity index (χ2v) is 8.20. The van der Waals surface area contributed by atoms with E-state index < -0.39 is 0 Å². The average Bonchev–Trinajstić information content (AvgIpc) is 2.91. The lowest BCUT2D eigenvalue weighted by atomic mass is 9.70. The van der Waals surface area contributed by atoms with Crippen molar-refractivity contribution < 1.29 is 5.11 Å². The molecule has 0 heterocycles. The maximum atomic E-state index is 11.3. The van der Waals surface area contributed by atoms with Crippen LogP contribution < -0.4 is 0 Å². The molecule has 2 aromatic rings. The van der Waals surface area contributed by atoms with E-state index in [9.17, 15) is 5.11 Å². The van der Waals surface area contributed by atoms with Crippen molar-refractivity contribution >= 4 is 5.57 Å². The summed E-state index contributed by atoms with van der Waals surface area (Å²) in [5.74, 6) is 0.452. The van der Waals surface area contributed by atoms with Gasteiger partial charge >= 0.3 is 0 Å². The standard InChI is InChI=1S/C23H26O/c1-22(2)18-14-15-23(22,3)21(24)20(18)19(16-10-6-4-7-11-16)17-12-8-5-9-13-17/h4-13,18,21,24H,14-15H2,1-3H3/t18-,21-,23+/m0/s1. The Bertz CT molecular complexity index is 731. The van der Waals surface area contributed by atoms with Crippen LogP contribution in [-0.2, 0) is 0 Å². The van der Waals surface area contributed by atoms with E-state index in [1.807, 2.05) is 0 Å². The van der Waals surface area contributed by atoms with Gasteiger partial charge in [-0.15, -0.1) is 0 Å². The van der Waals surface area contributed by atoms with Crippen LogP contribution in [0.1, 0.15) is 44.7 Å². The van der Waals surface area contributed by atoms with Crippen LogP contribution in [0, 0.1) is 16.7 Å². The van der Waals surface area contributed by atoms with Crippen molar-refractivity contribution in [1.29, 1.82) is 0 Å². The molecule has 1 nitrogen and oxygen atoms in total. The number of benzene rings is 2. The van der Waals surface area contributed by atoms with Crippen molar-refractivity contribution in [2.24, 2.45) is 16.7 Å². The fourth-order valence-corrected chi connectivity index (χ4v) is 5.11. The van der Waals surface area contributed by atoms with Crippen molar-refractivity contribution in [2.45, 2.75) is 39.7 Å². The third-order valence-electron chi connectivity index (χ3n) is 6.98. The highest BCUT2D eigenvalue weighted by molar-refractivity contribution is 5.83. The normalized spacial score (nSPS) is 30.6. The molecule has 2 aliphatic carbocycles. The summed E-state index contributed by atoms with van der Waals surface area (Å²) in [4.78, 5) is 0. The predicted octanol–water partition coefficient (Wildman–Crippen LogP) is 5.31. The molecule has 2 aromatic carbocycles. The highest BCUT2D eigenvalue weighted by Gasteiger charge is 2.64. The molecule has 0 radical (unpaired) electrons. The molecule has 1 N–H and O–H groups in total. The van der Waals surface area contributed by atoms with Crippen LogP contribution in [-0.4, -0.2) is 11.2 Å². The minimum atomic E-state index is -0.360. The van der Waals surface area contributed by atoms with E-state index in [1.165, 1.54) is 28.7 Å². The van der Waals surface area contributed by atoms with Gasteiger partial charge in [0.25, 0.3) is 0 Å². The van der Waals surface area contributed by atoms with E-state index in [2.05, 4.69) is 81.4 Å². The van der Waals surface area contributed by atoms with Crippen LogP contribution in [0.15, 0.2) is 66.2 Å². The topological polar surface area (TPSA) is 20.2 Å². The number of hydrogen-bond donors (Lipinski definition) is 1. The van der Waals surface area contributed by atoms with Gasteiger partial charge in [0.05, 0.1) is 6.10 Å². The minimum Gasteiger partial charge on any atom is -0.388 e. The number of hydrogen-bond acceptors (Lipinski definition) is 1. The maximum Gasteiger partial charge on any atom is 0.0821 e. The van der Waals surface area contributed by atoms with Crippen LogP contribution in [0.4, 0.5) is 0 Å². The van der Waals surface area contributed by atoms with Crippen LogP contribution in [0.3, 0.4) is 0 Å². The van der Waals surface area contributed by atoms with E-state index >= 15 is 0 Å². The molecule has 0 saturated heterocycles. The Kier molecular flexibility index (Phi) is 3.47. The quantitative estimate of drug-likeness (QED) is 0.796. The molecule has 3 atom stereocenters. The molecule has 2 bridgehead atoms. The van der Waals surface area contributed by atoms with Gasteiger partial charge in [0.1, 0.15) is 0 Å². The summed E-state index contributed by atoms with van der Waals surface area (Å²) in [7, 11) is 0. The fraction of sp³-hybridized carbons (Fsp3) is 0.391. The van der Waals surface area contributed by atoms with Crippen molar-refractivity contribution in [3.05, 3.63) is 77.4 Å². The zero-order chi connectivity index (χ0) is 16.9. The van der Waals surface area contributed by atoms with Gasteiger partial charge in [-0.05, 0) is 46.4 Å². The largest absolute Gasteiger partial charge is 0.388 e. The van der Waals surface area contributed by atoms with E-state index in [-0.39, 0.29) is 16.9 Å². The first kappa shape index (κ1) is 15.7. The third-order valence-corrected chi connectivity index (χ3v) is 6.98. The summed E-state index contributed by atoms with van der Waals surface area (Å²) in [5, 5.41) is 11.3. The Morgan fingerprint density at radius 1 is 0.875 bits per heavy atom. The van der Waals surface area contributed by atoms with Crippen molar-refractivity contribution in [1.82, 2.24) is 0 Å². The lowest BCUT2D eigenvalue weighted by molar-refractivity contribution is 0.0263. The zero-order valence-corrected chi connectivity index (χ0v) is 14.8. The molecule has 2 saturated carbocycles. The number of rotatable bonds is 2. The second kappa shape index (κ2) is 5.32. The molecule has 2 fully saturated rings. The van der Waals surface area contributed by atoms with Crippen molar-refractivity contribution in [2.75, 3.05) is 0 Å². The molecule has 4 rings (SSSR count). The maximum absolute atomic E-state index is 11.3. The third kappa shape index (κ3) is 1.97. The molecule has 0 aliphatic heterocycles. The van der Waals surface area contributed by atoms with Crippen LogP contribution in [0.5, 0.6) is 0 Å². The molecule has 0 unspecified atom stereocenters. The minimum absolute atomic E-state index is 0.0260. The first-order chi connectivity index (χ1) is 11.5. The molecular formula is C23H26O. The molecule has 0 spiro atoms. The van der Waals surface area contributed by atoms with Gasteiger partial charge in [0.15, 0.2) is 0 Å². The highest BCUT2D eigenvalue weighted by atomic mass is 16.3. The van der Waals surface area contributed by atoms with Gasteiger partial charge in [-0.3, -0.25) is 0 Å². The highest BCUT2D eigenvalue weighted by Crippen LogP contribution is 2.68. The Labute approximate surface area is 145 Å². The lowest BCUT2D eigenvalue weighted by Crippen LogP contribution is -2.35. The Hall–Kier alpha value is -1.86. The molecule has 2 aliphatic rings. The lowest BCUT2D eigenvalue weighted by Gasteiger charge is -2.36. The number of aliphatic hydroxyl groups excluding tert-OH is 1. The molecule has 124 valence electrons. The second-order valence-electron chi connectivity index (χ2n) is 8.20. The zero-order valence-electron chi connectivity index (χ0n) is 14.8. The SMILES string of the molecule is CC1(C)[C@H]2CC[C@]1(C)[C@@H](O)C2=C(c1ccccc1)c1ccccc1. The van der Waals surface area contributed by atoms with Crippen LogP contribution in [0.25, 0.3) is 5.57 Å². The Morgan fingerprint density at radius 2 is 1.38 bits per heavy atom. The predicted molar refractivity (Wildman–Crippen MR) is 99.5 cm³/mol. The summed E-state index contributed by atoms with van der Waals surface area (Å²) >= 11 is 0. The summed E-state index contributed by atoms with van der Waals surface area (Å²) in [5.41, 5.74) is 5.03. The van der Waals surface area contributed by atoms with Gasteiger partial charge in [-0.25, -0.2) is 0 Å². The van der Waals surface area contributed by atoms with E-state index in [0.717, 1.165) is 6.42 Å².